The Balaban J connectivity index is 3.26. The fourth-order valence-corrected chi connectivity index (χ4v) is 12.6. The predicted octanol–water partition coefficient (Wildman–Crippen LogP) is 24.9. The third-order valence-corrected chi connectivity index (χ3v) is 18.4. The second kappa shape index (κ2) is 72.3. The molecule has 0 saturated heterocycles. The minimum atomic E-state index is -0.658. The summed E-state index contributed by atoms with van der Waals surface area (Å²) < 4.78 is 5.52. The number of carbonyl (C=O) groups excluding carboxylic acids is 2. The Morgan fingerprint density at radius 3 is 0.744 bits per heavy atom. The number of aliphatic hydroxyl groups is 2. The van der Waals surface area contributed by atoms with E-state index in [-0.39, 0.29) is 18.5 Å². The Morgan fingerprint density at radius 1 is 0.293 bits per heavy atom. The van der Waals surface area contributed by atoms with Gasteiger partial charge in [0.1, 0.15) is 0 Å². The number of ether oxygens (including phenoxy) is 1. The van der Waals surface area contributed by atoms with Crippen LogP contribution in [0.1, 0.15) is 450 Å². The van der Waals surface area contributed by atoms with Gasteiger partial charge in [-0.25, -0.2) is 0 Å². The lowest BCUT2D eigenvalue weighted by atomic mass is 10.0. The molecule has 1 amide bonds. The summed E-state index contributed by atoms with van der Waals surface area (Å²) in [5, 5.41) is 23.3. The van der Waals surface area contributed by atoms with Crippen molar-refractivity contribution in [2.24, 2.45) is 0 Å². The lowest BCUT2D eigenvalue weighted by Gasteiger charge is -2.22. The van der Waals surface area contributed by atoms with E-state index in [0.29, 0.717) is 25.9 Å². The minimum Gasteiger partial charge on any atom is -0.466 e. The molecule has 0 bridgehead atoms. The molecule has 6 heteroatoms. The van der Waals surface area contributed by atoms with E-state index in [2.05, 4.69) is 19.2 Å². The molecular weight excluding hydrogens is 1010 g/mol. The van der Waals surface area contributed by atoms with Gasteiger partial charge in [-0.3, -0.25) is 9.59 Å². The van der Waals surface area contributed by atoms with Crippen LogP contribution in [0.2, 0.25) is 0 Å². The predicted molar refractivity (Wildman–Crippen MR) is 361 cm³/mol. The first-order chi connectivity index (χ1) is 40.5. The van der Waals surface area contributed by atoms with Gasteiger partial charge < -0.3 is 20.3 Å². The minimum absolute atomic E-state index is 0.0270. The van der Waals surface area contributed by atoms with E-state index in [9.17, 15) is 19.8 Å². The molecule has 82 heavy (non-hydrogen) atoms. The normalized spacial score (nSPS) is 12.4. The number of hydrogen-bond acceptors (Lipinski definition) is 5. The van der Waals surface area contributed by atoms with Gasteiger partial charge in [0, 0.05) is 12.8 Å². The SMILES string of the molecule is CCCCCCCCCCCCCCCCCCCCC(=O)OCCCCCCCCCCCCCCCCCCCCCCCCCCCCCCCCCCCCCC(=O)NC(CO)C(O)CCCCCCCCCCCCCC. The van der Waals surface area contributed by atoms with Crippen molar-refractivity contribution in [2.75, 3.05) is 13.2 Å². The van der Waals surface area contributed by atoms with Crippen LogP contribution in [-0.2, 0) is 14.3 Å². The molecule has 0 radical (unpaired) electrons. The zero-order valence-corrected chi connectivity index (χ0v) is 56.3. The number of esters is 1. The highest BCUT2D eigenvalue weighted by Crippen LogP contribution is 2.20. The number of nitrogens with one attached hydrogen (secondary N) is 1. The van der Waals surface area contributed by atoms with Gasteiger partial charge in [-0.1, -0.05) is 412 Å². The van der Waals surface area contributed by atoms with Gasteiger partial charge in [-0.15, -0.1) is 0 Å². The summed E-state index contributed by atoms with van der Waals surface area (Å²) in [4.78, 5) is 24.6. The van der Waals surface area contributed by atoms with E-state index in [1.165, 1.54) is 379 Å². The largest absolute Gasteiger partial charge is 0.466 e. The van der Waals surface area contributed by atoms with Gasteiger partial charge in [-0.2, -0.15) is 0 Å². The molecule has 0 heterocycles. The van der Waals surface area contributed by atoms with Crippen LogP contribution < -0.4 is 5.32 Å². The monoisotopic (exact) mass is 1160 g/mol. The van der Waals surface area contributed by atoms with E-state index >= 15 is 0 Å². The van der Waals surface area contributed by atoms with Crippen LogP contribution in [0.5, 0.6) is 0 Å². The third-order valence-electron chi connectivity index (χ3n) is 18.4. The average molecular weight is 1160 g/mol. The molecule has 3 N–H and O–H groups in total. The van der Waals surface area contributed by atoms with E-state index in [1.54, 1.807) is 0 Å². The van der Waals surface area contributed by atoms with Gasteiger partial charge in [-0.05, 0) is 25.7 Å². The summed E-state index contributed by atoms with van der Waals surface area (Å²) >= 11 is 0. The molecule has 0 spiro atoms. The van der Waals surface area contributed by atoms with Crippen molar-refractivity contribution in [1.29, 1.82) is 0 Å². The van der Waals surface area contributed by atoms with Gasteiger partial charge in [0.25, 0.3) is 0 Å². The Hall–Kier alpha value is -1.14. The number of amides is 1. The quantitative estimate of drug-likeness (QED) is 0.0417. The summed E-state index contributed by atoms with van der Waals surface area (Å²) in [5.41, 5.74) is 0. The van der Waals surface area contributed by atoms with Crippen LogP contribution in [0.25, 0.3) is 0 Å². The van der Waals surface area contributed by atoms with E-state index < -0.39 is 12.1 Å². The Kier molecular flexibility index (Phi) is 71.3. The van der Waals surface area contributed by atoms with Crippen molar-refractivity contribution in [3.8, 4) is 0 Å². The fraction of sp³-hybridized carbons (Fsp3) is 0.974. The average Bonchev–Trinajstić information content (AvgIpc) is 3.48. The summed E-state index contributed by atoms with van der Waals surface area (Å²) in [6.07, 6.45) is 89.1. The summed E-state index contributed by atoms with van der Waals surface area (Å²) in [6, 6.07) is -0.535. The van der Waals surface area contributed by atoms with Gasteiger partial charge in [0.05, 0.1) is 25.4 Å². The molecule has 0 aliphatic heterocycles. The van der Waals surface area contributed by atoms with E-state index in [1.807, 2.05) is 0 Å². The van der Waals surface area contributed by atoms with E-state index in [0.717, 1.165) is 38.5 Å². The zero-order valence-electron chi connectivity index (χ0n) is 56.3. The number of aliphatic hydroxyl groups excluding tert-OH is 2. The maximum atomic E-state index is 12.5. The Morgan fingerprint density at radius 2 is 0.500 bits per heavy atom. The van der Waals surface area contributed by atoms with Crippen molar-refractivity contribution in [1.82, 2.24) is 5.32 Å². The summed E-state index contributed by atoms with van der Waals surface area (Å²) in [6.45, 7) is 5.00. The highest BCUT2D eigenvalue weighted by atomic mass is 16.5. The van der Waals surface area contributed by atoms with Crippen molar-refractivity contribution in [2.45, 2.75) is 463 Å². The molecule has 6 nitrogen and oxygen atoms in total. The highest BCUT2D eigenvalue weighted by Gasteiger charge is 2.20. The van der Waals surface area contributed by atoms with Gasteiger partial charge >= 0.3 is 5.97 Å². The number of rotatable bonds is 73. The molecule has 2 atom stereocenters. The molecule has 0 aromatic carbocycles. The molecule has 0 aliphatic rings. The van der Waals surface area contributed by atoms with Crippen LogP contribution in [0, 0.1) is 0 Å². The highest BCUT2D eigenvalue weighted by molar-refractivity contribution is 5.76. The second-order valence-corrected chi connectivity index (χ2v) is 26.7. The first-order valence-electron chi connectivity index (χ1n) is 38.3. The first-order valence-corrected chi connectivity index (χ1v) is 38.3. The molecule has 0 saturated carbocycles. The summed E-state index contributed by atoms with van der Waals surface area (Å²) in [5.74, 6) is 0.00126. The van der Waals surface area contributed by atoms with Crippen molar-refractivity contribution in [3.63, 3.8) is 0 Å². The topological polar surface area (TPSA) is 95.9 Å². The van der Waals surface area contributed by atoms with Gasteiger partial charge in [0.15, 0.2) is 0 Å². The molecular formula is C76H151NO5. The van der Waals surface area contributed by atoms with Crippen LogP contribution in [-0.4, -0.2) is 47.4 Å². The fourth-order valence-electron chi connectivity index (χ4n) is 12.6. The Bertz CT molecular complexity index is 1200. The first kappa shape index (κ1) is 80.9. The van der Waals surface area contributed by atoms with Crippen LogP contribution in [0.15, 0.2) is 0 Å². The third kappa shape index (κ3) is 68.0. The lowest BCUT2D eigenvalue weighted by Crippen LogP contribution is -2.45. The molecule has 0 rings (SSSR count). The van der Waals surface area contributed by atoms with Crippen molar-refractivity contribution < 1.29 is 24.5 Å². The van der Waals surface area contributed by atoms with Crippen LogP contribution in [0.3, 0.4) is 0 Å². The van der Waals surface area contributed by atoms with Crippen LogP contribution >= 0.6 is 0 Å². The van der Waals surface area contributed by atoms with E-state index in [4.69, 9.17) is 4.74 Å². The maximum Gasteiger partial charge on any atom is 0.305 e. The molecule has 0 fully saturated rings. The number of carbonyl (C=O) groups is 2. The molecule has 0 aromatic rings. The number of hydrogen-bond donors (Lipinski definition) is 3. The lowest BCUT2D eigenvalue weighted by molar-refractivity contribution is -0.143. The Labute approximate surface area is 515 Å². The molecule has 490 valence electrons. The maximum absolute atomic E-state index is 12.5. The van der Waals surface area contributed by atoms with Crippen molar-refractivity contribution in [3.05, 3.63) is 0 Å². The molecule has 0 aliphatic carbocycles. The summed E-state index contributed by atoms with van der Waals surface area (Å²) in [7, 11) is 0. The van der Waals surface area contributed by atoms with Gasteiger partial charge in [0.2, 0.25) is 5.91 Å². The van der Waals surface area contributed by atoms with Crippen molar-refractivity contribution >= 4 is 11.9 Å². The molecule has 2 unspecified atom stereocenters. The number of unbranched alkanes of at least 4 members (excludes halogenated alkanes) is 62. The molecule has 0 aromatic heterocycles. The zero-order chi connectivity index (χ0) is 59.2. The smallest absolute Gasteiger partial charge is 0.305 e. The van der Waals surface area contributed by atoms with Crippen LogP contribution in [0.4, 0.5) is 0 Å². The second-order valence-electron chi connectivity index (χ2n) is 26.7. The standard InChI is InChI=1S/C76H151NO5/c1-3-5-7-9-11-13-15-17-18-19-40-43-46-50-54-58-62-66-70-76(81)82-71-67-63-59-55-51-47-44-41-38-36-34-32-30-28-26-24-22-20-21-23-25-27-29-31-33-35-37-39-42-45-49-53-57-61-65-69-75(80)77-73(72-78)74(79)68-64-60-56-52-48-16-14-12-10-8-6-4-2/h73-74,78-79H,3-72H2,1-2H3,(H,77,80).